The third kappa shape index (κ3) is 3.06. The second-order valence-corrected chi connectivity index (χ2v) is 3.35. The number of rotatable bonds is 2. The molecule has 0 aliphatic carbocycles. The van der Waals surface area contributed by atoms with Gasteiger partial charge in [-0.3, -0.25) is 0 Å². The summed E-state index contributed by atoms with van der Waals surface area (Å²) in [6.07, 6.45) is -3.38. The maximum absolute atomic E-state index is 11.9. The Morgan fingerprint density at radius 2 is 2.00 bits per heavy atom. The van der Waals surface area contributed by atoms with E-state index in [1.165, 1.54) is 24.3 Å². The molecule has 1 rings (SSSR count). The van der Waals surface area contributed by atoms with E-state index < -0.39 is 6.36 Å². The number of halogens is 4. The summed E-state index contributed by atoms with van der Waals surface area (Å²) >= 11 is 3.13. The molecule has 0 aliphatic heterocycles. The van der Waals surface area contributed by atoms with Crippen molar-refractivity contribution in [3.8, 4) is 5.75 Å². The Morgan fingerprint density at radius 1 is 1.36 bits per heavy atom. The summed E-state index contributed by atoms with van der Waals surface area (Å²) < 4.78 is 40.1. The van der Waals surface area contributed by atoms with Gasteiger partial charge in [-0.1, -0.05) is 28.6 Å². The lowest BCUT2D eigenvalue weighted by atomic mass is 10.2. The molecule has 0 aliphatic rings. The summed E-state index contributed by atoms with van der Waals surface area (Å²) in [5.41, 5.74) is 0.289. The smallest absolute Gasteiger partial charge is 0.405 e. The SMILES string of the molecule is C=Cc1cc(Br)ccc1OC(F)(F)F. The highest BCUT2D eigenvalue weighted by atomic mass is 79.9. The Bertz CT molecular complexity index is 346. The van der Waals surface area contributed by atoms with Crippen molar-refractivity contribution in [3.05, 3.63) is 34.8 Å². The van der Waals surface area contributed by atoms with Gasteiger partial charge < -0.3 is 4.74 Å². The molecule has 0 N–H and O–H groups in total. The average molecular weight is 267 g/mol. The van der Waals surface area contributed by atoms with Gasteiger partial charge in [0.05, 0.1) is 0 Å². The highest BCUT2D eigenvalue weighted by molar-refractivity contribution is 9.10. The van der Waals surface area contributed by atoms with Crippen molar-refractivity contribution in [2.24, 2.45) is 0 Å². The molecule has 0 bridgehead atoms. The fraction of sp³-hybridized carbons (Fsp3) is 0.111. The molecule has 0 fully saturated rings. The van der Waals surface area contributed by atoms with Crippen molar-refractivity contribution in [3.63, 3.8) is 0 Å². The van der Waals surface area contributed by atoms with Gasteiger partial charge in [0.15, 0.2) is 0 Å². The third-order valence-electron chi connectivity index (χ3n) is 1.42. The monoisotopic (exact) mass is 266 g/mol. The van der Waals surface area contributed by atoms with E-state index >= 15 is 0 Å². The van der Waals surface area contributed by atoms with Crippen LogP contribution in [0.3, 0.4) is 0 Å². The van der Waals surface area contributed by atoms with Gasteiger partial charge in [-0.15, -0.1) is 13.2 Å². The van der Waals surface area contributed by atoms with Crippen LogP contribution >= 0.6 is 15.9 Å². The molecule has 1 aromatic rings. The first-order valence-electron chi connectivity index (χ1n) is 3.60. The Kier molecular flexibility index (Phi) is 3.21. The molecule has 0 radical (unpaired) electrons. The predicted octanol–water partition coefficient (Wildman–Crippen LogP) is 3.99. The quantitative estimate of drug-likeness (QED) is 0.787. The molecule has 0 atom stereocenters. The van der Waals surface area contributed by atoms with Gasteiger partial charge in [0.25, 0.3) is 0 Å². The second kappa shape index (κ2) is 4.04. The molecule has 14 heavy (non-hydrogen) atoms. The van der Waals surface area contributed by atoms with E-state index in [1.54, 1.807) is 0 Å². The zero-order valence-corrected chi connectivity index (χ0v) is 8.52. The van der Waals surface area contributed by atoms with E-state index in [2.05, 4.69) is 27.2 Å². The van der Waals surface area contributed by atoms with Crippen LogP contribution in [-0.4, -0.2) is 6.36 Å². The molecule has 5 heteroatoms. The topological polar surface area (TPSA) is 9.23 Å². The average Bonchev–Trinajstić information content (AvgIpc) is 2.06. The fourth-order valence-electron chi connectivity index (χ4n) is 0.896. The van der Waals surface area contributed by atoms with Gasteiger partial charge in [-0.25, -0.2) is 0 Å². The van der Waals surface area contributed by atoms with Crippen LogP contribution in [0.15, 0.2) is 29.3 Å². The number of ether oxygens (including phenoxy) is 1. The maximum atomic E-state index is 11.9. The molecule has 76 valence electrons. The zero-order valence-electron chi connectivity index (χ0n) is 6.94. The third-order valence-corrected chi connectivity index (χ3v) is 1.91. The fourth-order valence-corrected chi connectivity index (χ4v) is 1.28. The van der Waals surface area contributed by atoms with Crippen LogP contribution in [-0.2, 0) is 0 Å². The van der Waals surface area contributed by atoms with Gasteiger partial charge in [0.2, 0.25) is 0 Å². The van der Waals surface area contributed by atoms with Crippen LogP contribution in [0.4, 0.5) is 13.2 Å². The number of benzene rings is 1. The first kappa shape index (κ1) is 11.1. The van der Waals surface area contributed by atoms with Crippen LogP contribution in [0, 0.1) is 0 Å². The van der Waals surface area contributed by atoms with E-state index in [1.807, 2.05) is 0 Å². The predicted molar refractivity (Wildman–Crippen MR) is 50.9 cm³/mol. The molecule has 1 aromatic carbocycles. The highest BCUT2D eigenvalue weighted by Crippen LogP contribution is 2.29. The van der Waals surface area contributed by atoms with Gasteiger partial charge in [-0.2, -0.15) is 0 Å². The molecular weight excluding hydrogens is 261 g/mol. The summed E-state index contributed by atoms with van der Waals surface area (Å²) in [5, 5.41) is 0. The summed E-state index contributed by atoms with van der Waals surface area (Å²) in [5.74, 6) is -0.254. The summed E-state index contributed by atoms with van der Waals surface area (Å²) in [6, 6.07) is 4.19. The normalized spacial score (nSPS) is 11.1. The summed E-state index contributed by atoms with van der Waals surface area (Å²) in [6.45, 7) is 3.39. The molecule has 0 heterocycles. The Morgan fingerprint density at radius 3 is 2.50 bits per heavy atom. The lowest BCUT2D eigenvalue weighted by Gasteiger charge is -2.11. The van der Waals surface area contributed by atoms with E-state index in [4.69, 9.17) is 0 Å². The second-order valence-electron chi connectivity index (χ2n) is 2.43. The number of alkyl halides is 3. The largest absolute Gasteiger partial charge is 0.573 e. The van der Waals surface area contributed by atoms with E-state index in [-0.39, 0.29) is 11.3 Å². The minimum atomic E-state index is -4.68. The van der Waals surface area contributed by atoms with Crippen molar-refractivity contribution in [1.29, 1.82) is 0 Å². The van der Waals surface area contributed by atoms with Crippen molar-refractivity contribution in [1.82, 2.24) is 0 Å². The number of hydrogen-bond donors (Lipinski definition) is 0. The number of hydrogen-bond acceptors (Lipinski definition) is 1. The van der Waals surface area contributed by atoms with Crippen LogP contribution < -0.4 is 4.74 Å². The van der Waals surface area contributed by atoms with Crippen molar-refractivity contribution in [2.75, 3.05) is 0 Å². The van der Waals surface area contributed by atoms with E-state index in [0.717, 1.165) is 0 Å². The Labute approximate surface area is 87.3 Å². The Balaban J connectivity index is 3.03. The van der Waals surface area contributed by atoms with Crippen molar-refractivity contribution >= 4 is 22.0 Å². The van der Waals surface area contributed by atoms with Crippen LogP contribution in [0.5, 0.6) is 5.75 Å². The van der Waals surface area contributed by atoms with Gasteiger partial charge in [0.1, 0.15) is 5.75 Å². The summed E-state index contributed by atoms with van der Waals surface area (Å²) in [4.78, 5) is 0. The van der Waals surface area contributed by atoms with Gasteiger partial charge in [0, 0.05) is 10.0 Å². The molecule has 0 spiro atoms. The van der Waals surface area contributed by atoms with E-state index in [0.29, 0.717) is 4.47 Å². The molecule has 0 saturated carbocycles. The minimum Gasteiger partial charge on any atom is -0.405 e. The molecule has 0 aromatic heterocycles. The van der Waals surface area contributed by atoms with Crippen LogP contribution in [0.1, 0.15) is 5.56 Å². The minimum absolute atomic E-state index is 0.254. The highest BCUT2D eigenvalue weighted by Gasteiger charge is 2.31. The van der Waals surface area contributed by atoms with Crippen LogP contribution in [0.25, 0.3) is 6.08 Å². The Hall–Kier alpha value is -0.970. The molecule has 0 unspecified atom stereocenters. The van der Waals surface area contributed by atoms with Crippen LogP contribution in [0.2, 0.25) is 0 Å². The molecule has 0 amide bonds. The van der Waals surface area contributed by atoms with Crippen molar-refractivity contribution < 1.29 is 17.9 Å². The molecule has 1 nitrogen and oxygen atoms in total. The lowest BCUT2D eigenvalue weighted by molar-refractivity contribution is -0.274. The van der Waals surface area contributed by atoms with Crippen molar-refractivity contribution in [2.45, 2.75) is 6.36 Å². The van der Waals surface area contributed by atoms with Gasteiger partial charge in [-0.05, 0) is 18.2 Å². The lowest BCUT2D eigenvalue weighted by Crippen LogP contribution is -2.17. The maximum Gasteiger partial charge on any atom is 0.573 e. The first-order valence-corrected chi connectivity index (χ1v) is 4.39. The molecular formula is C9H6BrF3O. The first-order chi connectivity index (χ1) is 6.42. The summed E-state index contributed by atoms with van der Waals surface area (Å²) in [7, 11) is 0. The standard InChI is InChI=1S/C9H6BrF3O/c1-2-6-5-7(10)3-4-8(6)14-9(11,12)13/h2-5H,1H2. The van der Waals surface area contributed by atoms with Gasteiger partial charge >= 0.3 is 6.36 Å². The molecule has 0 saturated heterocycles. The van der Waals surface area contributed by atoms with E-state index in [9.17, 15) is 13.2 Å². The zero-order chi connectivity index (χ0) is 10.8.